The molecule has 6 heteroatoms. The van der Waals surface area contributed by atoms with Crippen LogP contribution in [0.15, 0.2) is 76.4 Å². The molecule has 2 aromatic carbocycles. The highest BCUT2D eigenvalue weighted by atomic mass is 79.9. The number of rotatable bonds is 6. The van der Waals surface area contributed by atoms with Crippen molar-refractivity contribution in [2.24, 2.45) is 0 Å². The van der Waals surface area contributed by atoms with E-state index in [-0.39, 0.29) is 5.91 Å². The Kier molecular flexibility index (Phi) is 6.72. The van der Waals surface area contributed by atoms with Crippen LogP contribution in [0.4, 0.5) is 0 Å². The molecule has 3 nitrogen and oxygen atoms in total. The Balaban J connectivity index is 1.68. The minimum absolute atomic E-state index is 0.158. The number of nitrogens with zero attached hydrogens (tertiary/aromatic N) is 1. The summed E-state index contributed by atoms with van der Waals surface area (Å²) >= 11 is 11.2. The lowest BCUT2D eigenvalue weighted by atomic mass is 10.2. The van der Waals surface area contributed by atoms with Crippen molar-refractivity contribution in [3.8, 4) is 0 Å². The van der Waals surface area contributed by atoms with E-state index in [0.717, 1.165) is 21.4 Å². The molecular weight excluding hydrogens is 432 g/mol. The molecule has 0 aliphatic heterocycles. The molecule has 3 rings (SSSR count). The average molecular weight is 448 g/mol. The topological polar surface area (TPSA) is 42.0 Å². The van der Waals surface area contributed by atoms with Crippen LogP contribution in [0.2, 0.25) is 5.02 Å². The van der Waals surface area contributed by atoms with Crippen molar-refractivity contribution in [2.75, 3.05) is 0 Å². The Labute approximate surface area is 170 Å². The molecule has 0 saturated heterocycles. The highest BCUT2D eigenvalue weighted by Gasteiger charge is 2.13. The molecule has 1 heterocycles. The molecule has 0 atom stereocenters. The number of carbonyl (C=O) groups excluding carboxylic acids is 1. The first-order valence-electron chi connectivity index (χ1n) is 7.97. The van der Waals surface area contributed by atoms with Crippen LogP contribution in [0.1, 0.15) is 21.5 Å². The normalized spacial score (nSPS) is 10.5. The van der Waals surface area contributed by atoms with Crippen LogP contribution >= 0.6 is 39.3 Å². The second-order valence-electron chi connectivity index (χ2n) is 5.55. The number of aromatic nitrogens is 1. The zero-order valence-electron chi connectivity index (χ0n) is 13.8. The molecular formula is C20H16BrClN2OS. The Morgan fingerprint density at radius 2 is 1.96 bits per heavy atom. The molecule has 3 aromatic rings. The van der Waals surface area contributed by atoms with Gasteiger partial charge in [0.25, 0.3) is 5.91 Å². The fraction of sp³-hybridized carbons (Fsp3) is 0.100. The van der Waals surface area contributed by atoms with Gasteiger partial charge in [0, 0.05) is 28.0 Å². The van der Waals surface area contributed by atoms with Crippen molar-refractivity contribution in [2.45, 2.75) is 17.3 Å². The van der Waals surface area contributed by atoms with Gasteiger partial charge in [-0.05, 0) is 41.5 Å². The first-order valence-corrected chi connectivity index (χ1v) is 10.1. The van der Waals surface area contributed by atoms with E-state index < -0.39 is 0 Å². The molecule has 1 aromatic heterocycles. The maximum atomic E-state index is 12.6. The summed E-state index contributed by atoms with van der Waals surface area (Å²) in [6.07, 6.45) is 1.70. The van der Waals surface area contributed by atoms with Crippen molar-refractivity contribution >= 4 is 45.2 Å². The minimum Gasteiger partial charge on any atom is -0.348 e. The summed E-state index contributed by atoms with van der Waals surface area (Å²) in [5, 5.41) is 4.27. The van der Waals surface area contributed by atoms with Crippen LogP contribution in [0, 0.1) is 0 Å². The number of hydrogen-bond acceptors (Lipinski definition) is 3. The van der Waals surface area contributed by atoms with E-state index in [4.69, 9.17) is 11.6 Å². The zero-order chi connectivity index (χ0) is 18.4. The third-order valence-electron chi connectivity index (χ3n) is 3.68. The minimum atomic E-state index is -0.158. The van der Waals surface area contributed by atoms with Crippen LogP contribution in [-0.2, 0) is 12.3 Å². The standard InChI is InChI=1S/C20H16BrClN2OS/c21-16-7-3-5-14(11-16)13-26-20-17(8-4-10-23-20)19(25)24-12-15-6-1-2-9-18(15)22/h1-11H,12-13H2,(H,24,25). The molecule has 0 saturated carbocycles. The molecule has 0 unspecified atom stereocenters. The summed E-state index contributed by atoms with van der Waals surface area (Å²) in [7, 11) is 0. The second kappa shape index (κ2) is 9.21. The number of amides is 1. The van der Waals surface area contributed by atoms with Gasteiger partial charge in [0.2, 0.25) is 0 Å². The first-order chi connectivity index (χ1) is 12.6. The van der Waals surface area contributed by atoms with Gasteiger partial charge in [0.15, 0.2) is 0 Å². The van der Waals surface area contributed by atoms with Gasteiger partial charge in [-0.25, -0.2) is 4.98 Å². The number of carbonyl (C=O) groups is 1. The van der Waals surface area contributed by atoms with E-state index >= 15 is 0 Å². The lowest BCUT2D eigenvalue weighted by Gasteiger charge is -2.10. The molecule has 0 aliphatic carbocycles. The second-order valence-corrected chi connectivity index (χ2v) is 7.84. The van der Waals surface area contributed by atoms with Gasteiger partial charge in [-0.3, -0.25) is 4.79 Å². The molecule has 0 radical (unpaired) electrons. The Morgan fingerprint density at radius 1 is 1.12 bits per heavy atom. The number of benzene rings is 2. The summed E-state index contributed by atoms with van der Waals surface area (Å²) < 4.78 is 1.04. The third kappa shape index (κ3) is 5.10. The monoisotopic (exact) mass is 446 g/mol. The van der Waals surface area contributed by atoms with Crippen molar-refractivity contribution in [1.82, 2.24) is 10.3 Å². The van der Waals surface area contributed by atoms with Crippen molar-refractivity contribution in [3.63, 3.8) is 0 Å². The van der Waals surface area contributed by atoms with Gasteiger partial charge < -0.3 is 5.32 Å². The van der Waals surface area contributed by atoms with E-state index in [0.29, 0.717) is 22.2 Å². The van der Waals surface area contributed by atoms with Crippen LogP contribution < -0.4 is 5.32 Å². The molecule has 0 aliphatic rings. The van der Waals surface area contributed by atoms with Gasteiger partial charge in [0.1, 0.15) is 5.03 Å². The van der Waals surface area contributed by atoms with Crippen LogP contribution in [0.3, 0.4) is 0 Å². The highest BCUT2D eigenvalue weighted by Crippen LogP contribution is 2.25. The molecule has 132 valence electrons. The fourth-order valence-electron chi connectivity index (χ4n) is 2.37. The average Bonchev–Trinajstić information content (AvgIpc) is 2.66. The van der Waals surface area contributed by atoms with Gasteiger partial charge >= 0.3 is 0 Å². The van der Waals surface area contributed by atoms with Gasteiger partial charge in [-0.15, -0.1) is 11.8 Å². The molecule has 0 bridgehead atoms. The van der Waals surface area contributed by atoms with Gasteiger partial charge in [-0.2, -0.15) is 0 Å². The predicted octanol–water partition coefficient (Wildman–Crippen LogP) is 5.72. The van der Waals surface area contributed by atoms with Crippen LogP contribution in [0.25, 0.3) is 0 Å². The third-order valence-corrected chi connectivity index (χ3v) is 5.62. The van der Waals surface area contributed by atoms with E-state index in [9.17, 15) is 4.79 Å². The number of pyridine rings is 1. The largest absolute Gasteiger partial charge is 0.348 e. The van der Waals surface area contributed by atoms with E-state index in [1.54, 1.807) is 30.1 Å². The summed E-state index contributed by atoms with van der Waals surface area (Å²) in [6, 6.07) is 19.1. The quantitative estimate of drug-likeness (QED) is 0.491. The maximum absolute atomic E-state index is 12.6. The van der Waals surface area contributed by atoms with E-state index in [1.807, 2.05) is 36.4 Å². The molecule has 1 N–H and O–H groups in total. The Hall–Kier alpha value is -1.82. The van der Waals surface area contributed by atoms with Gasteiger partial charge in [0.05, 0.1) is 5.56 Å². The first kappa shape index (κ1) is 19.0. The van der Waals surface area contributed by atoms with Crippen LogP contribution in [-0.4, -0.2) is 10.9 Å². The lowest BCUT2D eigenvalue weighted by Crippen LogP contribution is -2.23. The summed E-state index contributed by atoms with van der Waals surface area (Å²) in [4.78, 5) is 17.0. The fourth-order valence-corrected chi connectivity index (χ4v) is 3.95. The number of nitrogens with one attached hydrogen (secondary N) is 1. The Bertz CT molecular complexity index is 920. The molecule has 0 spiro atoms. The predicted molar refractivity (Wildman–Crippen MR) is 111 cm³/mol. The molecule has 1 amide bonds. The molecule has 26 heavy (non-hydrogen) atoms. The maximum Gasteiger partial charge on any atom is 0.254 e. The summed E-state index contributed by atoms with van der Waals surface area (Å²) in [5.74, 6) is 0.580. The SMILES string of the molecule is O=C(NCc1ccccc1Cl)c1cccnc1SCc1cccc(Br)c1. The summed E-state index contributed by atoms with van der Waals surface area (Å²) in [5.41, 5.74) is 2.62. The number of hydrogen-bond donors (Lipinski definition) is 1. The van der Waals surface area contributed by atoms with Crippen molar-refractivity contribution < 1.29 is 4.79 Å². The smallest absolute Gasteiger partial charge is 0.254 e. The van der Waals surface area contributed by atoms with E-state index in [1.165, 1.54) is 0 Å². The molecule has 0 fully saturated rings. The van der Waals surface area contributed by atoms with Gasteiger partial charge in [-0.1, -0.05) is 57.9 Å². The van der Waals surface area contributed by atoms with Crippen molar-refractivity contribution in [3.05, 3.63) is 93.0 Å². The Morgan fingerprint density at radius 3 is 2.77 bits per heavy atom. The number of thioether (sulfide) groups is 1. The zero-order valence-corrected chi connectivity index (χ0v) is 16.9. The number of halogens is 2. The van der Waals surface area contributed by atoms with E-state index in [2.05, 4.69) is 38.4 Å². The summed E-state index contributed by atoms with van der Waals surface area (Å²) in [6.45, 7) is 0.378. The lowest BCUT2D eigenvalue weighted by molar-refractivity contribution is 0.0947. The highest BCUT2D eigenvalue weighted by molar-refractivity contribution is 9.10. The van der Waals surface area contributed by atoms with Crippen molar-refractivity contribution in [1.29, 1.82) is 0 Å². The van der Waals surface area contributed by atoms with Crippen LogP contribution in [0.5, 0.6) is 0 Å².